The Morgan fingerprint density at radius 1 is 1.12 bits per heavy atom. The van der Waals surface area contributed by atoms with Crippen molar-refractivity contribution in [3.63, 3.8) is 0 Å². The molecule has 0 aromatic heterocycles. The number of fused-ring (bicyclic) bond motifs is 2. The summed E-state index contributed by atoms with van der Waals surface area (Å²) in [5.74, 6) is 0. The highest BCUT2D eigenvalue weighted by Gasteiger charge is 2.46. The maximum Gasteiger partial charge on any atom is 0.0159 e. The molecule has 2 nitrogen and oxygen atoms in total. The average Bonchev–Trinajstić information content (AvgIpc) is 2.53. The maximum atomic E-state index is 3.66. The van der Waals surface area contributed by atoms with Gasteiger partial charge < -0.3 is 5.32 Å². The highest BCUT2D eigenvalue weighted by molar-refractivity contribution is 5.02. The molecule has 2 saturated heterocycles. The van der Waals surface area contributed by atoms with Gasteiger partial charge in [-0.2, -0.15) is 0 Å². The molecule has 17 heavy (non-hydrogen) atoms. The number of rotatable bonds is 5. The van der Waals surface area contributed by atoms with Gasteiger partial charge in [-0.3, -0.25) is 4.90 Å². The van der Waals surface area contributed by atoms with E-state index in [1.54, 1.807) is 0 Å². The largest absolute Gasteiger partial charge is 0.314 e. The number of hydrogen-bond acceptors (Lipinski definition) is 2. The molecule has 1 N–H and O–H groups in total. The van der Waals surface area contributed by atoms with E-state index in [1.165, 1.54) is 38.5 Å². The molecule has 0 spiro atoms. The van der Waals surface area contributed by atoms with E-state index in [9.17, 15) is 0 Å². The Balaban J connectivity index is 2.03. The molecule has 0 saturated carbocycles. The summed E-state index contributed by atoms with van der Waals surface area (Å²) in [4.78, 5) is 2.87. The number of piperidine rings is 1. The van der Waals surface area contributed by atoms with Gasteiger partial charge in [0, 0.05) is 23.7 Å². The normalized spacial score (nSPS) is 34.2. The highest BCUT2D eigenvalue weighted by Crippen LogP contribution is 2.41. The quantitative estimate of drug-likeness (QED) is 0.791. The van der Waals surface area contributed by atoms with Gasteiger partial charge in [-0.1, -0.05) is 20.3 Å². The molecule has 2 aliphatic rings. The maximum absolute atomic E-state index is 3.66. The van der Waals surface area contributed by atoms with Crippen molar-refractivity contribution in [2.24, 2.45) is 0 Å². The zero-order chi connectivity index (χ0) is 12.5. The van der Waals surface area contributed by atoms with Crippen LogP contribution in [0.5, 0.6) is 0 Å². The van der Waals surface area contributed by atoms with Crippen LogP contribution in [0.15, 0.2) is 0 Å². The van der Waals surface area contributed by atoms with E-state index >= 15 is 0 Å². The summed E-state index contributed by atoms with van der Waals surface area (Å²) in [6, 6.07) is 2.48. The van der Waals surface area contributed by atoms with Gasteiger partial charge in [0.15, 0.2) is 0 Å². The summed E-state index contributed by atoms with van der Waals surface area (Å²) in [6.45, 7) is 10.6. The fourth-order valence-electron chi connectivity index (χ4n) is 4.36. The third-order valence-corrected chi connectivity index (χ3v) is 4.79. The second kappa shape index (κ2) is 5.27. The summed E-state index contributed by atoms with van der Waals surface area (Å²) in [7, 11) is 0. The van der Waals surface area contributed by atoms with Crippen molar-refractivity contribution in [2.75, 3.05) is 6.54 Å². The van der Waals surface area contributed by atoms with Crippen molar-refractivity contribution in [1.82, 2.24) is 10.2 Å². The third-order valence-electron chi connectivity index (χ3n) is 4.79. The zero-order valence-corrected chi connectivity index (χ0v) is 12.1. The van der Waals surface area contributed by atoms with Gasteiger partial charge in [0.05, 0.1) is 0 Å². The molecule has 2 unspecified atom stereocenters. The number of nitrogens with zero attached hydrogens (tertiary/aromatic N) is 1. The van der Waals surface area contributed by atoms with Crippen LogP contribution in [0.2, 0.25) is 0 Å². The Morgan fingerprint density at radius 2 is 1.71 bits per heavy atom. The van der Waals surface area contributed by atoms with Gasteiger partial charge in [0.25, 0.3) is 0 Å². The number of hydrogen-bond donors (Lipinski definition) is 1. The molecular weight excluding hydrogens is 208 g/mol. The van der Waals surface area contributed by atoms with Crippen LogP contribution in [0, 0.1) is 0 Å². The summed E-state index contributed by atoms with van der Waals surface area (Å²) < 4.78 is 0. The van der Waals surface area contributed by atoms with Crippen LogP contribution in [-0.4, -0.2) is 35.1 Å². The van der Waals surface area contributed by atoms with E-state index in [-0.39, 0.29) is 0 Å². The van der Waals surface area contributed by atoms with Crippen molar-refractivity contribution in [3.8, 4) is 0 Å². The Kier molecular flexibility index (Phi) is 4.14. The van der Waals surface area contributed by atoms with Crippen molar-refractivity contribution in [1.29, 1.82) is 0 Å². The third kappa shape index (κ3) is 2.68. The molecule has 2 aliphatic heterocycles. The Labute approximate surface area is 107 Å². The molecule has 2 atom stereocenters. The van der Waals surface area contributed by atoms with E-state index < -0.39 is 0 Å². The lowest BCUT2D eigenvalue weighted by atomic mass is 9.88. The lowest BCUT2D eigenvalue weighted by Crippen LogP contribution is -2.57. The minimum Gasteiger partial charge on any atom is -0.314 e. The first-order valence-electron chi connectivity index (χ1n) is 7.60. The Hall–Kier alpha value is -0.0800. The molecular formula is C15H30N2. The standard InChI is InChI=1S/C15H30N2/c1-5-9-15(3,4)17-13-7-8-14(17)11-12(10-13)16-6-2/h12-14,16H,5-11H2,1-4H3. The van der Waals surface area contributed by atoms with E-state index in [2.05, 4.69) is 37.9 Å². The lowest BCUT2D eigenvalue weighted by molar-refractivity contribution is 0.0154. The van der Waals surface area contributed by atoms with E-state index in [0.29, 0.717) is 5.54 Å². The minimum atomic E-state index is 0.414. The fraction of sp³-hybridized carbons (Fsp3) is 1.00. The fourth-order valence-corrected chi connectivity index (χ4v) is 4.36. The van der Waals surface area contributed by atoms with Gasteiger partial charge >= 0.3 is 0 Å². The first-order chi connectivity index (χ1) is 8.08. The highest BCUT2D eigenvalue weighted by atomic mass is 15.3. The molecule has 2 rings (SSSR count). The lowest BCUT2D eigenvalue weighted by Gasteiger charge is -2.48. The monoisotopic (exact) mass is 238 g/mol. The smallest absolute Gasteiger partial charge is 0.0159 e. The van der Waals surface area contributed by atoms with Gasteiger partial charge in [-0.05, 0) is 52.5 Å². The average molecular weight is 238 g/mol. The Morgan fingerprint density at radius 3 is 2.18 bits per heavy atom. The van der Waals surface area contributed by atoms with Gasteiger partial charge in [-0.15, -0.1) is 0 Å². The van der Waals surface area contributed by atoms with Crippen LogP contribution in [0.4, 0.5) is 0 Å². The van der Waals surface area contributed by atoms with E-state index in [1.807, 2.05) is 0 Å². The molecule has 2 heteroatoms. The zero-order valence-electron chi connectivity index (χ0n) is 12.1. The molecule has 2 heterocycles. The van der Waals surface area contributed by atoms with Gasteiger partial charge in [-0.25, -0.2) is 0 Å². The molecule has 0 aliphatic carbocycles. The van der Waals surface area contributed by atoms with Crippen LogP contribution < -0.4 is 5.32 Å². The summed E-state index contributed by atoms with van der Waals surface area (Å²) in [6.07, 6.45) is 8.25. The van der Waals surface area contributed by atoms with Crippen molar-refractivity contribution < 1.29 is 0 Å². The van der Waals surface area contributed by atoms with Crippen molar-refractivity contribution in [2.45, 2.75) is 89.9 Å². The second-order valence-electron chi connectivity index (χ2n) is 6.58. The van der Waals surface area contributed by atoms with Crippen LogP contribution in [0.3, 0.4) is 0 Å². The Bertz CT molecular complexity index is 235. The topological polar surface area (TPSA) is 15.3 Å². The molecule has 0 aromatic carbocycles. The van der Waals surface area contributed by atoms with Crippen molar-refractivity contribution >= 4 is 0 Å². The second-order valence-corrected chi connectivity index (χ2v) is 6.58. The first kappa shape index (κ1) is 13.4. The molecule has 2 fully saturated rings. The summed E-state index contributed by atoms with van der Waals surface area (Å²) in [5, 5.41) is 3.66. The molecule has 2 bridgehead atoms. The van der Waals surface area contributed by atoms with Gasteiger partial charge in [0.1, 0.15) is 0 Å². The van der Waals surface area contributed by atoms with Crippen LogP contribution in [0.25, 0.3) is 0 Å². The predicted molar refractivity (Wildman–Crippen MR) is 74.3 cm³/mol. The number of nitrogens with one attached hydrogen (secondary N) is 1. The van der Waals surface area contributed by atoms with Crippen LogP contribution >= 0.6 is 0 Å². The summed E-state index contributed by atoms with van der Waals surface area (Å²) in [5.41, 5.74) is 0.414. The first-order valence-corrected chi connectivity index (χ1v) is 7.60. The van der Waals surface area contributed by atoms with Crippen LogP contribution in [0.1, 0.15) is 66.2 Å². The van der Waals surface area contributed by atoms with E-state index in [0.717, 1.165) is 24.7 Å². The predicted octanol–water partition coefficient (Wildman–Crippen LogP) is 3.17. The molecule has 100 valence electrons. The van der Waals surface area contributed by atoms with E-state index in [4.69, 9.17) is 0 Å². The molecule has 0 amide bonds. The van der Waals surface area contributed by atoms with Crippen LogP contribution in [-0.2, 0) is 0 Å². The minimum absolute atomic E-state index is 0.414. The SMILES string of the molecule is CCCC(C)(C)N1C2CCC1CC(NCC)C2. The summed E-state index contributed by atoms with van der Waals surface area (Å²) >= 11 is 0. The van der Waals surface area contributed by atoms with Gasteiger partial charge in [0.2, 0.25) is 0 Å². The molecule has 0 aromatic rings. The molecule has 0 radical (unpaired) electrons. The van der Waals surface area contributed by atoms with Crippen molar-refractivity contribution in [3.05, 3.63) is 0 Å².